The van der Waals surface area contributed by atoms with Gasteiger partial charge in [-0.2, -0.15) is 0 Å². The summed E-state index contributed by atoms with van der Waals surface area (Å²) in [5, 5.41) is 17.1. The molecule has 1 heterocycles. The lowest BCUT2D eigenvalue weighted by Crippen LogP contribution is -2.48. The van der Waals surface area contributed by atoms with Crippen LogP contribution in [0.15, 0.2) is 72.8 Å². The molecule has 1 fully saturated rings. The maximum atomic E-state index is 13.6. The summed E-state index contributed by atoms with van der Waals surface area (Å²) in [6, 6.07) is 24.7. The van der Waals surface area contributed by atoms with E-state index in [2.05, 4.69) is 86.0 Å². The van der Waals surface area contributed by atoms with Crippen LogP contribution in [-0.4, -0.2) is 41.1 Å². The van der Waals surface area contributed by atoms with Gasteiger partial charge in [-0.25, -0.2) is 0 Å². The molecule has 35 heavy (non-hydrogen) atoms. The summed E-state index contributed by atoms with van der Waals surface area (Å²) in [4.78, 5) is 15.5. The molecule has 5 nitrogen and oxygen atoms in total. The molecule has 5 heteroatoms. The van der Waals surface area contributed by atoms with Gasteiger partial charge in [0.1, 0.15) is 6.04 Å². The molecule has 1 aliphatic rings. The van der Waals surface area contributed by atoms with E-state index < -0.39 is 6.04 Å². The van der Waals surface area contributed by atoms with Gasteiger partial charge >= 0.3 is 0 Å². The van der Waals surface area contributed by atoms with Crippen LogP contribution in [0.2, 0.25) is 0 Å². The predicted octanol–water partition coefficient (Wildman–Crippen LogP) is 5.48. The third-order valence-corrected chi connectivity index (χ3v) is 6.84. The highest BCUT2D eigenvalue weighted by molar-refractivity contribution is 5.86. The minimum Gasteiger partial charge on any atom is -0.393 e. The average Bonchev–Trinajstić information content (AvgIpc) is 2.86. The average molecular weight is 472 g/mol. The van der Waals surface area contributed by atoms with E-state index in [1.165, 1.54) is 16.7 Å². The minimum absolute atomic E-state index is 0.0823. The van der Waals surface area contributed by atoms with Crippen molar-refractivity contribution >= 4 is 17.3 Å². The van der Waals surface area contributed by atoms with E-state index in [0.717, 1.165) is 16.9 Å². The smallest absolute Gasteiger partial charge is 0.245 e. The lowest BCUT2D eigenvalue weighted by Gasteiger charge is -2.33. The zero-order valence-corrected chi connectivity index (χ0v) is 21.0. The molecule has 0 bridgehead atoms. The zero-order chi connectivity index (χ0) is 24.8. The predicted molar refractivity (Wildman–Crippen MR) is 144 cm³/mol. The highest BCUT2D eigenvalue weighted by Gasteiger charge is 2.28. The van der Waals surface area contributed by atoms with Gasteiger partial charge in [0, 0.05) is 25.6 Å². The van der Waals surface area contributed by atoms with Crippen molar-refractivity contribution in [2.75, 3.05) is 23.7 Å². The standard InChI is InChI=1S/C30H37N3O2/c1-21-8-12-24(13-9-21)20-29(30(35)33-18-16-26(34)17-19-33)32-28-7-5-4-6-27(28)31-23(3)25-14-10-22(2)11-15-25/h4-15,23,26,29,31-32,34H,16-20H2,1-3H3. The molecule has 2 atom stereocenters. The topological polar surface area (TPSA) is 64.6 Å². The van der Waals surface area contributed by atoms with Crippen molar-refractivity contribution < 1.29 is 9.90 Å². The molecule has 3 N–H and O–H groups in total. The van der Waals surface area contributed by atoms with Crippen molar-refractivity contribution in [3.05, 3.63) is 95.1 Å². The maximum Gasteiger partial charge on any atom is 0.245 e. The van der Waals surface area contributed by atoms with Crippen LogP contribution in [0.1, 0.15) is 48.1 Å². The number of nitrogens with zero attached hydrogens (tertiary/aromatic N) is 1. The lowest BCUT2D eigenvalue weighted by molar-refractivity contribution is -0.134. The maximum absolute atomic E-state index is 13.6. The van der Waals surface area contributed by atoms with Crippen molar-refractivity contribution in [2.45, 2.75) is 58.2 Å². The van der Waals surface area contributed by atoms with Gasteiger partial charge in [-0.05, 0) is 56.9 Å². The minimum atomic E-state index is -0.398. The Balaban J connectivity index is 1.55. The summed E-state index contributed by atoms with van der Waals surface area (Å²) in [5.74, 6) is 0.0823. The van der Waals surface area contributed by atoms with Crippen LogP contribution < -0.4 is 10.6 Å². The number of nitrogens with one attached hydrogen (secondary N) is 2. The SMILES string of the molecule is Cc1ccc(CC(Nc2ccccc2NC(C)c2ccc(C)cc2)C(=O)N2CCC(O)CC2)cc1. The van der Waals surface area contributed by atoms with Crippen molar-refractivity contribution in [2.24, 2.45) is 0 Å². The van der Waals surface area contributed by atoms with E-state index >= 15 is 0 Å². The normalized spacial score (nSPS) is 15.9. The van der Waals surface area contributed by atoms with Gasteiger partial charge in [-0.1, -0.05) is 71.8 Å². The van der Waals surface area contributed by atoms with Gasteiger partial charge in [0.25, 0.3) is 0 Å². The Morgan fingerprint density at radius 2 is 1.43 bits per heavy atom. The molecule has 3 aromatic carbocycles. The number of carbonyl (C=O) groups excluding carboxylic acids is 1. The molecule has 0 aliphatic carbocycles. The number of hydrogen-bond donors (Lipinski definition) is 3. The number of benzene rings is 3. The molecule has 0 radical (unpaired) electrons. The first-order valence-electron chi connectivity index (χ1n) is 12.6. The van der Waals surface area contributed by atoms with Crippen molar-refractivity contribution in [1.29, 1.82) is 0 Å². The van der Waals surface area contributed by atoms with E-state index in [-0.39, 0.29) is 18.1 Å². The van der Waals surface area contributed by atoms with Crippen LogP contribution in [0.3, 0.4) is 0 Å². The molecular weight excluding hydrogens is 434 g/mol. The fraction of sp³-hybridized carbons (Fsp3) is 0.367. The summed E-state index contributed by atoms with van der Waals surface area (Å²) in [6.45, 7) is 7.50. The third kappa shape index (κ3) is 6.64. The number of carbonyl (C=O) groups is 1. The third-order valence-electron chi connectivity index (χ3n) is 6.84. The van der Waals surface area contributed by atoms with E-state index in [9.17, 15) is 9.90 Å². The number of piperidine rings is 1. The Kier molecular flexibility index (Phi) is 8.09. The van der Waals surface area contributed by atoms with E-state index in [1.807, 2.05) is 23.1 Å². The number of anilines is 2. The number of likely N-dealkylation sites (tertiary alicyclic amines) is 1. The van der Waals surface area contributed by atoms with Crippen LogP contribution >= 0.6 is 0 Å². The van der Waals surface area contributed by atoms with Crippen molar-refractivity contribution in [1.82, 2.24) is 4.90 Å². The Morgan fingerprint density at radius 1 is 0.886 bits per heavy atom. The Labute approximate surface area is 209 Å². The monoisotopic (exact) mass is 471 g/mol. The van der Waals surface area contributed by atoms with Crippen molar-refractivity contribution in [3.8, 4) is 0 Å². The second kappa shape index (κ2) is 11.4. The molecule has 1 aliphatic heterocycles. The second-order valence-electron chi connectivity index (χ2n) is 9.77. The first-order chi connectivity index (χ1) is 16.9. The fourth-order valence-electron chi connectivity index (χ4n) is 4.56. The summed E-state index contributed by atoms with van der Waals surface area (Å²) in [5.41, 5.74) is 6.66. The molecule has 184 valence electrons. The number of aliphatic hydroxyl groups is 1. The van der Waals surface area contributed by atoms with Gasteiger partial charge in [0.05, 0.1) is 17.5 Å². The number of aliphatic hydroxyl groups excluding tert-OH is 1. The molecule has 0 aromatic heterocycles. The fourth-order valence-corrected chi connectivity index (χ4v) is 4.56. The molecule has 0 saturated carbocycles. The highest BCUT2D eigenvalue weighted by Crippen LogP contribution is 2.28. The lowest BCUT2D eigenvalue weighted by atomic mass is 10.0. The van der Waals surface area contributed by atoms with Crippen LogP contribution in [-0.2, 0) is 11.2 Å². The molecule has 3 aromatic rings. The van der Waals surface area contributed by atoms with Gasteiger partial charge in [-0.15, -0.1) is 0 Å². The summed E-state index contributed by atoms with van der Waals surface area (Å²) in [6.07, 6.45) is 1.56. The first kappa shape index (κ1) is 24.8. The van der Waals surface area contributed by atoms with Gasteiger partial charge in [0.2, 0.25) is 5.91 Å². The second-order valence-corrected chi connectivity index (χ2v) is 9.77. The summed E-state index contributed by atoms with van der Waals surface area (Å²) < 4.78 is 0. The number of para-hydroxylation sites is 2. The van der Waals surface area contributed by atoms with Gasteiger partial charge in [0.15, 0.2) is 0 Å². The van der Waals surface area contributed by atoms with Gasteiger partial charge in [-0.3, -0.25) is 4.79 Å². The van der Waals surface area contributed by atoms with Gasteiger partial charge < -0.3 is 20.6 Å². The van der Waals surface area contributed by atoms with Crippen molar-refractivity contribution in [3.63, 3.8) is 0 Å². The quantitative estimate of drug-likeness (QED) is 0.407. The largest absolute Gasteiger partial charge is 0.393 e. The van der Waals surface area contributed by atoms with E-state index in [1.54, 1.807) is 0 Å². The number of aryl methyl sites for hydroxylation is 2. The van der Waals surface area contributed by atoms with E-state index in [0.29, 0.717) is 32.4 Å². The molecule has 2 unspecified atom stereocenters. The molecular formula is C30H37N3O2. The number of rotatable bonds is 8. The summed E-state index contributed by atoms with van der Waals surface area (Å²) in [7, 11) is 0. The molecule has 4 rings (SSSR count). The number of hydrogen-bond acceptors (Lipinski definition) is 4. The Morgan fingerprint density at radius 3 is 2.03 bits per heavy atom. The van der Waals surface area contributed by atoms with Crippen LogP contribution in [0.4, 0.5) is 11.4 Å². The number of amides is 1. The molecule has 1 saturated heterocycles. The Hall–Kier alpha value is -3.31. The highest BCUT2D eigenvalue weighted by atomic mass is 16.3. The molecule has 0 spiro atoms. The summed E-state index contributed by atoms with van der Waals surface area (Å²) >= 11 is 0. The Bertz CT molecular complexity index is 1100. The van der Waals surface area contributed by atoms with Crippen LogP contribution in [0.25, 0.3) is 0 Å². The van der Waals surface area contributed by atoms with E-state index in [4.69, 9.17) is 0 Å². The zero-order valence-electron chi connectivity index (χ0n) is 21.0. The van der Waals surface area contributed by atoms with Crippen LogP contribution in [0, 0.1) is 13.8 Å². The molecule has 1 amide bonds. The first-order valence-corrected chi connectivity index (χ1v) is 12.6. The van der Waals surface area contributed by atoms with Crippen LogP contribution in [0.5, 0.6) is 0 Å².